The first-order valence-electron chi connectivity index (χ1n) is 5.77. The van der Waals surface area contributed by atoms with Crippen molar-refractivity contribution in [3.05, 3.63) is 65.0 Å². The van der Waals surface area contributed by atoms with Gasteiger partial charge in [-0.2, -0.15) is 0 Å². The van der Waals surface area contributed by atoms with E-state index in [1.165, 1.54) is 0 Å². The number of fused-ring (bicyclic) bond motifs is 1. The van der Waals surface area contributed by atoms with Crippen LogP contribution in [-0.4, -0.2) is 16.6 Å². The smallest absolute Gasteiger partial charge is 0.178 e. The highest BCUT2D eigenvalue weighted by Gasteiger charge is 2.39. The number of hydrogen-bond acceptors (Lipinski definition) is 3. The van der Waals surface area contributed by atoms with E-state index in [1.807, 2.05) is 13.0 Å². The second kappa shape index (κ2) is 3.88. The first-order chi connectivity index (χ1) is 8.68. The van der Waals surface area contributed by atoms with Crippen molar-refractivity contribution in [1.82, 2.24) is 4.98 Å². The molecule has 1 unspecified atom stereocenters. The third kappa shape index (κ3) is 1.48. The van der Waals surface area contributed by atoms with E-state index in [1.54, 1.807) is 36.7 Å². The van der Waals surface area contributed by atoms with Gasteiger partial charge in [-0.25, -0.2) is 0 Å². The minimum absolute atomic E-state index is 0.119. The van der Waals surface area contributed by atoms with Crippen LogP contribution in [0, 0.1) is 6.92 Å². The molecule has 0 N–H and O–H groups in total. The summed E-state index contributed by atoms with van der Waals surface area (Å²) < 4.78 is 0. The first kappa shape index (κ1) is 10.8. The SMILES string of the molecule is Cc1ccc2c(c1)C(=O)C(c1cccnc1)C2=O. The summed E-state index contributed by atoms with van der Waals surface area (Å²) in [7, 11) is 0. The van der Waals surface area contributed by atoms with Crippen molar-refractivity contribution in [3.8, 4) is 0 Å². The largest absolute Gasteiger partial charge is 0.293 e. The highest BCUT2D eigenvalue weighted by molar-refractivity contribution is 6.29. The van der Waals surface area contributed by atoms with E-state index in [2.05, 4.69) is 4.98 Å². The zero-order valence-corrected chi connectivity index (χ0v) is 9.88. The number of benzene rings is 1. The van der Waals surface area contributed by atoms with E-state index < -0.39 is 5.92 Å². The topological polar surface area (TPSA) is 47.0 Å². The number of nitrogens with zero attached hydrogens (tertiary/aromatic N) is 1. The molecule has 0 spiro atoms. The molecule has 1 aromatic carbocycles. The summed E-state index contributed by atoms with van der Waals surface area (Å²) in [6.07, 6.45) is 3.21. The van der Waals surface area contributed by atoms with Gasteiger partial charge in [0.15, 0.2) is 11.6 Å². The third-order valence-electron chi connectivity index (χ3n) is 3.25. The van der Waals surface area contributed by atoms with Crippen LogP contribution in [0.4, 0.5) is 0 Å². The Bertz CT molecular complexity index is 647. The highest BCUT2D eigenvalue weighted by Crippen LogP contribution is 2.33. The monoisotopic (exact) mass is 237 g/mol. The molecule has 1 aromatic heterocycles. The molecule has 1 aliphatic carbocycles. The molecule has 18 heavy (non-hydrogen) atoms. The molecule has 0 radical (unpaired) electrons. The zero-order valence-electron chi connectivity index (χ0n) is 9.88. The predicted octanol–water partition coefficient (Wildman–Crippen LogP) is 2.55. The molecule has 0 aliphatic heterocycles. The predicted molar refractivity (Wildman–Crippen MR) is 66.8 cm³/mol. The van der Waals surface area contributed by atoms with E-state index in [-0.39, 0.29) is 11.6 Å². The molecular weight excluding hydrogens is 226 g/mol. The van der Waals surface area contributed by atoms with E-state index in [9.17, 15) is 9.59 Å². The van der Waals surface area contributed by atoms with Crippen LogP contribution in [0.25, 0.3) is 0 Å². The Morgan fingerprint density at radius 3 is 2.56 bits per heavy atom. The Morgan fingerprint density at radius 1 is 1.06 bits per heavy atom. The van der Waals surface area contributed by atoms with Gasteiger partial charge in [0.2, 0.25) is 0 Å². The van der Waals surface area contributed by atoms with Crippen molar-refractivity contribution in [2.75, 3.05) is 0 Å². The maximum Gasteiger partial charge on any atom is 0.178 e. The number of hydrogen-bond donors (Lipinski definition) is 0. The molecule has 1 aliphatic rings. The lowest BCUT2D eigenvalue weighted by molar-refractivity contribution is 0.0890. The fourth-order valence-electron chi connectivity index (χ4n) is 2.36. The van der Waals surface area contributed by atoms with Crippen molar-refractivity contribution in [2.24, 2.45) is 0 Å². The number of carbonyl (C=O) groups is 2. The maximum atomic E-state index is 12.3. The molecule has 1 heterocycles. The summed E-state index contributed by atoms with van der Waals surface area (Å²) in [5.74, 6) is -0.954. The van der Waals surface area contributed by atoms with Gasteiger partial charge in [0.05, 0.1) is 0 Å². The molecule has 0 saturated carbocycles. The maximum absolute atomic E-state index is 12.3. The second-order valence-electron chi connectivity index (χ2n) is 4.50. The summed E-state index contributed by atoms with van der Waals surface area (Å²) >= 11 is 0. The average molecular weight is 237 g/mol. The number of rotatable bonds is 1. The van der Waals surface area contributed by atoms with Gasteiger partial charge in [-0.15, -0.1) is 0 Å². The molecular formula is C15H11NO2. The Labute approximate surface area is 104 Å². The van der Waals surface area contributed by atoms with Crippen molar-refractivity contribution in [1.29, 1.82) is 0 Å². The molecule has 1 atom stereocenters. The van der Waals surface area contributed by atoms with Crippen LogP contribution in [-0.2, 0) is 0 Å². The molecule has 88 valence electrons. The van der Waals surface area contributed by atoms with Gasteiger partial charge >= 0.3 is 0 Å². The Hall–Kier alpha value is -2.29. The van der Waals surface area contributed by atoms with Crippen molar-refractivity contribution >= 4 is 11.6 Å². The standard InChI is InChI=1S/C15H11NO2/c1-9-4-5-11-12(7-9)15(18)13(14(11)17)10-3-2-6-16-8-10/h2-8,13H,1H3. The fourth-order valence-corrected chi connectivity index (χ4v) is 2.36. The van der Waals surface area contributed by atoms with Crippen LogP contribution in [0.5, 0.6) is 0 Å². The average Bonchev–Trinajstić information content (AvgIpc) is 2.63. The normalized spacial score (nSPS) is 17.9. The fraction of sp³-hybridized carbons (Fsp3) is 0.133. The van der Waals surface area contributed by atoms with Crippen molar-refractivity contribution in [3.63, 3.8) is 0 Å². The first-order valence-corrected chi connectivity index (χ1v) is 5.77. The number of Topliss-reactive ketones (excluding diaryl/α,β-unsaturated/α-hetero) is 2. The lowest BCUT2D eigenvalue weighted by Gasteiger charge is -2.05. The van der Waals surface area contributed by atoms with Crippen LogP contribution >= 0.6 is 0 Å². The Balaban J connectivity index is 2.13. The van der Waals surface area contributed by atoms with Crippen LogP contribution in [0.2, 0.25) is 0 Å². The number of ketones is 2. The van der Waals surface area contributed by atoms with Gasteiger partial charge in [0, 0.05) is 23.5 Å². The van der Waals surface area contributed by atoms with Gasteiger partial charge in [-0.1, -0.05) is 23.8 Å². The molecule has 0 bridgehead atoms. The van der Waals surface area contributed by atoms with Crippen LogP contribution in [0.3, 0.4) is 0 Å². The number of carbonyl (C=O) groups excluding carboxylic acids is 2. The van der Waals surface area contributed by atoms with Gasteiger partial charge in [-0.05, 0) is 24.6 Å². The van der Waals surface area contributed by atoms with Gasteiger partial charge in [0.25, 0.3) is 0 Å². The molecule has 0 saturated heterocycles. The summed E-state index contributed by atoms with van der Waals surface area (Å²) in [6.45, 7) is 1.91. The molecule has 3 heteroatoms. The van der Waals surface area contributed by atoms with Crippen LogP contribution in [0.15, 0.2) is 42.7 Å². The van der Waals surface area contributed by atoms with Gasteiger partial charge in [0.1, 0.15) is 5.92 Å². The van der Waals surface area contributed by atoms with Crippen molar-refractivity contribution < 1.29 is 9.59 Å². The molecule has 0 amide bonds. The Morgan fingerprint density at radius 2 is 1.83 bits per heavy atom. The third-order valence-corrected chi connectivity index (χ3v) is 3.25. The summed E-state index contributed by atoms with van der Waals surface area (Å²) in [6, 6.07) is 8.89. The zero-order chi connectivity index (χ0) is 12.7. The summed E-state index contributed by atoms with van der Waals surface area (Å²) in [5, 5.41) is 0. The minimum atomic E-state index is -0.713. The summed E-state index contributed by atoms with van der Waals surface area (Å²) in [5.41, 5.74) is 2.72. The second-order valence-corrected chi connectivity index (χ2v) is 4.50. The van der Waals surface area contributed by atoms with Crippen LogP contribution in [0.1, 0.15) is 37.8 Å². The number of pyridine rings is 1. The number of aromatic nitrogens is 1. The molecule has 0 fully saturated rings. The molecule has 2 aromatic rings. The van der Waals surface area contributed by atoms with E-state index in [0.29, 0.717) is 16.7 Å². The van der Waals surface area contributed by atoms with E-state index in [0.717, 1.165) is 5.56 Å². The lowest BCUT2D eigenvalue weighted by atomic mass is 9.96. The Kier molecular flexibility index (Phi) is 2.33. The highest BCUT2D eigenvalue weighted by atomic mass is 16.2. The van der Waals surface area contributed by atoms with E-state index >= 15 is 0 Å². The molecule has 3 nitrogen and oxygen atoms in total. The minimum Gasteiger partial charge on any atom is -0.293 e. The number of aryl methyl sites for hydroxylation is 1. The lowest BCUT2D eigenvalue weighted by Crippen LogP contribution is -2.12. The van der Waals surface area contributed by atoms with Crippen LogP contribution < -0.4 is 0 Å². The summed E-state index contributed by atoms with van der Waals surface area (Å²) in [4.78, 5) is 28.6. The van der Waals surface area contributed by atoms with E-state index in [4.69, 9.17) is 0 Å². The molecule has 3 rings (SSSR count). The van der Waals surface area contributed by atoms with Gasteiger partial charge < -0.3 is 0 Å². The quantitative estimate of drug-likeness (QED) is 0.716. The van der Waals surface area contributed by atoms with Crippen molar-refractivity contribution in [2.45, 2.75) is 12.8 Å². The van der Waals surface area contributed by atoms with Gasteiger partial charge in [-0.3, -0.25) is 14.6 Å².